The minimum Gasteiger partial charge on any atom is -0.741 e. The number of hydrogen-bond donors (Lipinski definition) is 0. The number of likely N-dealkylation sites (N-methyl/N-ethyl adjacent to an activating group) is 2. The number of ether oxygens (including phenoxy) is 2. The van der Waals surface area contributed by atoms with Gasteiger partial charge in [0.15, 0.2) is 20.2 Å². The lowest BCUT2D eigenvalue weighted by atomic mass is 10.2. The van der Waals surface area contributed by atoms with Gasteiger partial charge in [-0.25, -0.2) is 16.8 Å². The van der Waals surface area contributed by atoms with Crippen LogP contribution in [-0.2, 0) is 29.7 Å². The van der Waals surface area contributed by atoms with Crippen LogP contribution in [0.3, 0.4) is 0 Å². The van der Waals surface area contributed by atoms with Crippen molar-refractivity contribution in [3.8, 4) is 0 Å². The first-order valence-electron chi connectivity index (χ1n) is 9.49. The molecule has 0 unspecified atom stereocenters. The van der Waals surface area contributed by atoms with Gasteiger partial charge < -0.3 is 27.5 Å². The maximum absolute atomic E-state index is 10.7. The van der Waals surface area contributed by atoms with Crippen LogP contribution in [0.25, 0.3) is 0 Å². The van der Waals surface area contributed by atoms with Gasteiger partial charge in [-0.05, 0) is 0 Å². The summed E-state index contributed by atoms with van der Waals surface area (Å²) in [6.45, 7) is 11.1. The van der Waals surface area contributed by atoms with Gasteiger partial charge >= 0.3 is 11.0 Å². The Balaban J connectivity index is 0.000000539. The summed E-state index contributed by atoms with van der Waals surface area (Å²) < 4.78 is 131. The minimum atomic E-state index is -6.09. The molecule has 2 aliphatic rings. The van der Waals surface area contributed by atoms with Crippen molar-refractivity contribution >= 4 is 20.2 Å². The van der Waals surface area contributed by atoms with Gasteiger partial charge in [-0.2, -0.15) is 26.3 Å². The summed E-state index contributed by atoms with van der Waals surface area (Å²) in [6, 6.07) is 0. The standard InChI is InChI=1S/C13H28N2O2.2CHF3O3S/c1-14(6-10-16-11-7-14)4-3-5-15(2)8-12-17-13-9-15;2*2-1(3,4)8(5,6)7/h3-13H2,1-2H3;2*(H,5,6,7)/q+2;;/p-2. The highest BCUT2D eigenvalue weighted by atomic mass is 32.2. The summed E-state index contributed by atoms with van der Waals surface area (Å²) in [7, 11) is -7.43. The van der Waals surface area contributed by atoms with Gasteiger partial charge in [0, 0.05) is 6.42 Å². The average Bonchev–Trinajstić information content (AvgIpc) is 2.60. The van der Waals surface area contributed by atoms with E-state index in [2.05, 4.69) is 14.1 Å². The van der Waals surface area contributed by atoms with E-state index in [1.165, 1.54) is 54.7 Å². The molecule has 0 aromatic rings. The molecular formula is C15H28F6N2O8S2. The third-order valence-electron chi connectivity index (χ3n) is 5.06. The predicted molar refractivity (Wildman–Crippen MR) is 99.3 cm³/mol. The number of halogens is 6. The van der Waals surface area contributed by atoms with E-state index in [-0.39, 0.29) is 0 Å². The van der Waals surface area contributed by atoms with Crippen molar-refractivity contribution in [3.05, 3.63) is 0 Å². The zero-order chi connectivity index (χ0) is 26.2. The van der Waals surface area contributed by atoms with Crippen molar-refractivity contribution in [2.24, 2.45) is 0 Å². The summed E-state index contributed by atoms with van der Waals surface area (Å²) >= 11 is 0. The van der Waals surface area contributed by atoms with E-state index >= 15 is 0 Å². The zero-order valence-corrected chi connectivity index (χ0v) is 19.7. The molecule has 2 rings (SSSR count). The monoisotopic (exact) mass is 542 g/mol. The molecule has 0 aromatic heterocycles. The molecule has 18 heteroatoms. The number of rotatable bonds is 4. The lowest BCUT2D eigenvalue weighted by Gasteiger charge is -2.40. The first kappa shape index (κ1) is 32.2. The van der Waals surface area contributed by atoms with Crippen LogP contribution in [0.4, 0.5) is 26.3 Å². The fourth-order valence-corrected chi connectivity index (χ4v) is 2.85. The van der Waals surface area contributed by atoms with Gasteiger partial charge in [-0.1, -0.05) is 0 Å². The molecule has 33 heavy (non-hydrogen) atoms. The Morgan fingerprint density at radius 2 is 0.879 bits per heavy atom. The lowest BCUT2D eigenvalue weighted by molar-refractivity contribution is -0.934. The van der Waals surface area contributed by atoms with E-state index in [9.17, 15) is 26.3 Å². The normalized spacial score (nSPS) is 21.2. The van der Waals surface area contributed by atoms with E-state index < -0.39 is 31.3 Å². The molecule has 0 amide bonds. The minimum absolute atomic E-state index is 0.941. The first-order valence-corrected chi connectivity index (χ1v) is 12.3. The van der Waals surface area contributed by atoms with E-state index in [1.807, 2.05) is 0 Å². The molecule has 2 fully saturated rings. The highest BCUT2D eigenvalue weighted by molar-refractivity contribution is 7.86. The van der Waals surface area contributed by atoms with Crippen LogP contribution >= 0.6 is 0 Å². The van der Waals surface area contributed by atoms with Crippen LogP contribution in [0.15, 0.2) is 0 Å². The fourth-order valence-electron chi connectivity index (χ4n) is 2.85. The Kier molecular flexibility index (Phi) is 12.0. The number of hydrogen-bond acceptors (Lipinski definition) is 8. The van der Waals surface area contributed by atoms with Gasteiger partial charge in [0.1, 0.15) is 26.2 Å². The largest absolute Gasteiger partial charge is 0.741 e. The van der Waals surface area contributed by atoms with Crippen molar-refractivity contribution in [2.45, 2.75) is 17.4 Å². The maximum atomic E-state index is 10.7. The molecule has 0 radical (unpaired) electrons. The van der Waals surface area contributed by atoms with E-state index in [0.717, 1.165) is 26.4 Å². The summed E-state index contributed by atoms with van der Waals surface area (Å²) in [5, 5.41) is 0. The van der Waals surface area contributed by atoms with E-state index in [4.69, 9.17) is 35.4 Å². The molecule has 2 heterocycles. The second-order valence-electron chi connectivity index (χ2n) is 7.96. The van der Waals surface area contributed by atoms with Crippen molar-refractivity contribution in [1.29, 1.82) is 0 Å². The van der Waals surface area contributed by atoms with Crippen molar-refractivity contribution in [3.63, 3.8) is 0 Å². The molecular weight excluding hydrogens is 514 g/mol. The van der Waals surface area contributed by atoms with Gasteiger partial charge in [0.2, 0.25) is 0 Å². The number of nitrogens with zero attached hydrogens (tertiary/aromatic N) is 2. The van der Waals surface area contributed by atoms with Crippen LogP contribution in [0, 0.1) is 0 Å². The summed E-state index contributed by atoms with van der Waals surface area (Å²) in [5.74, 6) is 0. The Bertz CT molecular complexity index is 724. The second kappa shape index (κ2) is 12.3. The van der Waals surface area contributed by atoms with Crippen LogP contribution in [0.1, 0.15) is 6.42 Å². The van der Waals surface area contributed by atoms with Crippen LogP contribution in [-0.4, -0.2) is 126 Å². The number of quaternary nitrogens is 2. The summed E-state index contributed by atoms with van der Waals surface area (Å²) in [4.78, 5) is 0. The Hall–Kier alpha value is -0.760. The predicted octanol–water partition coefficient (Wildman–Crippen LogP) is 0.433. The molecule has 0 aromatic carbocycles. The Labute approximate surface area is 188 Å². The molecule has 0 saturated carbocycles. The van der Waals surface area contributed by atoms with Gasteiger partial charge in [-0.15, -0.1) is 0 Å². The molecule has 2 saturated heterocycles. The molecule has 0 atom stereocenters. The average molecular weight is 543 g/mol. The topological polar surface area (TPSA) is 133 Å². The highest BCUT2D eigenvalue weighted by Gasteiger charge is 2.37. The second-order valence-corrected chi connectivity index (χ2v) is 10.7. The molecule has 0 aliphatic carbocycles. The zero-order valence-electron chi connectivity index (χ0n) is 18.0. The molecule has 200 valence electrons. The van der Waals surface area contributed by atoms with Crippen molar-refractivity contribution < 1.29 is 70.7 Å². The smallest absolute Gasteiger partial charge is 0.485 e. The van der Waals surface area contributed by atoms with Gasteiger partial charge in [0.25, 0.3) is 0 Å². The molecule has 10 nitrogen and oxygen atoms in total. The summed E-state index contributed by atoms with van der Waals surface area (Å²) in [5.41, 5.74) is -11.3. The van der Waals surface area contributed by atoms with E-state index in [0.29, 0.717) is 0 Å². The summed E-state index contributed by atoms with van der Waals surface area (Å²) in [6.07, 6.45) is 1.33. The highest BCUT2D eigenvalue weighted by Crippen LogP contribution is 2.21. The van der Waals surface area contributed by atoms with Crippen LogP contribution in [0.5, 0.6) is 0 Å². The third kappa shape index (κ3) is 13.1. The van der Waals surface area contributed by atoms with Crippen molar-refractivity contribution in [1.82, 2.24) is 0 Å². The Morgan fingerprint density at radius 3 is 1.06 bits per heavy atom. The van der Waals surface area contributed by atoms with Gasteiger partial charge in [-0.3, -0.25) is 0 Å². The molecule has 0 bridgehead atoms. The lowest BCUT2D eigenvalue weighted by Crippen LogP contribution is -2.55. The number of morpholine rings is 2. The van der Waals surface area contributed by atoms with Gasteiger partial charge in [0.05, 0.1) is 53.6 Å². The van der Waals surface area contributed by atoms with Crippen molar-refractivity contribution in [2.75, 3.05) is 79.8 Å². The Morgan fingerprint density at radius 1 is 0.667 bits per heavy atom. The van der Waals surface area contributed by atoms with Crippen LogP contribution < -0.4 is 0 Å². The SMILES string of the molecule is C[N+]1(CCC[N+]2(C)CCOCC2)CCOCC1.O=S(=O)([O-])C(F)(F)F.O=S(=O)([O-])C(F)(F)F. The maximum Gasteiger partial charge on any atom is 0.485 e. The molecule has 2 aliphatic heterocycles. The third-order valence-corrected chi connectivity index (χ3v) is 6.20. The van der Waals surface area contributed by atoms with Crippen LogP contribution in [0.2, 0.25) is 0 Å². The fraction of sp³-hybridized carbons (Fsp3) is 1.00. The molecule has 0 spiro atoms. The number of alkyl halides is 6. The molecule has 0 N–H and O–H groups in total. The first-order chi connectivity index (χ1) is 14.6. The quantitative estimate of drug-likeness (QED) is 0.216. The van der Waals surface area contributed by atoms with E-state index in [1.54, 1.807) is 0 Å².